The Balaban J connectivity index is 1.67. The van der Waals surface area contributed by atoms with Gasteiger partial charge in [0, 0.05) is 0 Å². The molecule has 4 nitrogen and oxygen atoms in total. The van der Waals surface area contributed by atoms with Crippen LogP contribution in [0.4, 0.5) is 5.13 Å². The van der Waals surface area contributed by atoms with Crippen molar-refractivity contribution in [3.63, 3.8) is 0 Å². The van der Waals surface area contributed by atoms with Crippen LogP contribution in [-0.2, 0) is 0 Å². The molecule has 8 heteroatoms. The number of benzene rings is 2. The molecule has 0 fully saturated rings. The van der Waals surface area contributed by atoms with Crippen molar-refractivity contribution in [3.05, 3.63) is 51.5 Å². The van der Waals surface area contributed by atoms with Crippen LogP contribution in [0.3, 0.4) is 0 Å². The summed E-state index contributed by atoms with van der Waals surface area (Å²) in [6.07, 6.45) is 0. The molecule has 0 saturated heterocycles. The summed E-state index contributed by atoms with van der Waals surface area (Å²) in [5.41, 5.74) is 1.39. The van der Waals surface area contributed by atoms with Gasteiger partial charge in [-0.25, -0.2) is 9.97 Å². The molecule has 2 heterocycles. The van der Waals surface area contributed by atoms with Gasteiger partial charge in [0.05, 0.1) is 25.0 Å². The van der Waals surface area contributed by atoms with Crippen molar-refractivity contribution in [1.29, 1.82) is 0 Å². The predicted molar refractivity (Wildman–Crippen MR) is 97.2 cm³/mol. The third kappa shape index (κ3) is 2.68. The number of rotatable bonds is 2. The lowest BCUT2D eigenvalue weighted by atomic mass is 10.3. The summed E-state index contributed by atoms with van der Waals surface area (Å²) < 4.78 is 1.83. The number of nitrogens with zero attached hydrogens (tertiary/aromatic N) is 2. The number of amides is 1. The summed E-state index contributed by atoms with van der Waals surface area (Å²) >= 11 is 14.8. The van der Waals surface area contributed by atoms with Crippen molar-refractivity contribution in [1.82, 2.24) is 9.97 Å². The summed E-state index contributed by atoms with van der Waals surface area (Å²) in [6.45, 7) is 0. The van der Waals surface area contributed by atoms with Crippen molar-refractivity contribution in [2.24, 2.45) is 0 Å². The highest BCUT2D eigenvalue weighted by Crippen LogP contribution is 2.35. The molecule has 1 N–H and O–H groups in total. The minimum atomic E-state index is -0.285. The largest absolute Gasteiger partial charge is 0.296 e. The molecule has 0 aliphatic heterocycles. The topological polar surface area (TPSA) is 54.9 Å². The summed E-state index contributed by atoms with van der Waals surface area (Å²) in [6, 6.07) is 11.2. The van der Waals surface area contributed by atoms with E-state index in [2.05, 4.69) is 15.3 Å². The number of anilines is 1. The Hall–Kier alpha value is -1.73. The van der Waals surface area contributed by atoms with E-state index in [4.69, 9.17) is 23.2 Å². The van der Waals surface area contributed by atoms with Crippen LogP contribution in [-0.4, -0.2) is 15.9 Å². The summed E-state index contributed by atoms with van der Waals surface area (Å²) in [4.78, 5) is 21.0. The molecule has 1 amide bonds. The number of carbonyl (C=O) groups is 1. The molecule has 2 aromatic carbocycles. The van der Waals surface area contributed by atoms with Crippen molar-refractivity contribution < 1.29 is 4.79 Å². The molecule has 0 unspecified atom stereocenters. The van der Waals surface area contributed by atoms with Crippen molar-refractivity contribution in [2.45, 2.75) is 0 Å². The van der Waals surface area contributed by atoms with Gasteiger partial charge in [-0.1, -0.05) is 46.7 Å². The number of fused-ring (bicyclic) bond motifs is 2. The van der Waals surface area contributed by atoms with Crippen LogP contribution in [0.25, 0.3) is 20.4 Å². The first-order valence-corrected chi connectivity index (χ1v) is 8.92. The van der Waals surface area contributed by atoms with Gasteiger partial charge in [-0.05, 0) is 24.3 Å². The summed E-state index contributed by atoms with van der Waals surface area (Å²) in [5, 5.41) is 4.46. The Bertz CT molecular complexity index is 1020. The lowest BCUT2D eigenvalue weighted by molar-refractivity contribution is 0.102. The third-order valence-electron chi connectivity index (χ3n) is 3.16. The van der Waals surface area contributed by atoms with Gasteiger partial charge in [0.25, 0.3) is 5.91 Å². The number of hydrogen-bond donors (Lipinski definition) is 1. The molecule has 23 heavy (non-hydrogen) atoms. The normalized spacial score (nSPS) is 11.2. The molecule has 0 aliphatic carbocycles. The highest BCUT2D eigenvalue weighted by Gasteiger charge is 2.16. The van der Waals surface area contributed by atoms with E-state index in [0.29, 0.717) is 25.7 Å². The van der Waals surface area contributed by atoms with E-state index >= 15 is 0 Å². The number of aromatic nitrogens is 2. The lowest BCUT2D eigenvalue weighted by Crippen LogP contribution is -2.11. The Morgan fingerprint density at radius 2 is 1.83 bits per heavy atom. The van der Waals surface area contributed by atoms with E-state index in [1.807, 2.05) is 30.3 Å². The highest BCUT2D eigenvalue weighted by atomic mass is 35.5. The number of carbonyl (C=O) groups excluding carboxylic acids is 1. The molecule has 0 aliphatic rings. The molecule has 114 valence electrons. The van der Waals surface area contributed by atoms with Crippen LogP contribution >= 0.6 is 45.9 Å². The Labute approximate surface area is 148 Å². The summed E-state index contributed by atoms with van der Waals surface area (Å²) in [5.74, 6) is -0.285. The fraction of sp³-hybridized carbons (Fsp3) is 0. The van der Waals surface area contributed by atoms with E-state index in [9.17, 15) is 4.79 Å². The average Bonchev–Trinajstić information content (AvgIpc) is 3.15. The predicted octanol–water partition coefficient (Wildman–Crippen LogP) is 5.47. The van der Waals surface area contributed by atoms with E-state index in [0.717, 1.165) is 14.9 Å². The number of hydrogen-bond acceptors (Lipinski definition) is 5. The number of nitrogens with one attached hydrogen (secondary N) is 1. The lowest BCUT2D eigenvalue weighted by Gasteiger charge is -1.96. The van der Waals surface area contributed by atoms with Crippen molar-refractivity contribution in [2.75, 3.05) is 5.32 Å². The number of halogens is 2. The van der Waals surface area contributed by atoms with E-state index in [-0.39, 0.29) is 5.91 Å². The fourth-order valence-corrected chi connectivity index (χ4v) is 4.26. The zero-order chi connectivity index (χ0) is 16.0. The third-order valence-corrected chi connectivity index (χ3v) is 5.93. The number of thiazole rings is 2. The Morgan fingerprint density at radius 3 is 2.65 bits per heavy atom. The Morgan fingerprint density at radius 1 is 1.00 bits per heavy atom. The van der Waals surface area contributed by atoms with E-state index < -0.39 is 0 Å². The Kier molecular flexibility index (Phi) is 3.69. The van der Waals surface area contributed by atoms with E-state index in [1.165, 1.54) is 22.7 Å². The van der Waals surface area contributed by atoms with Gasteiger partial charge in [0.1, 0.15) is 5.52 Å². The zero-order valence-electron chi connectivity index (χ0n) is 11.3. The van der Waals surface area contributed by atoms with Gasteiger partial charge in [-0.3, -0.25) is 10.1 Å². The van der Waals surface area contributed by atoms with Gasteiger partial charge in [-0.15, -0.1) is 11.3 Å². The fourth-order valence-electron chi connectivity index (χ4n) is 2.11. The second-order valence-corrected chi connectivity index (χ2v) is 7.51. The monoisotopic (exact) mass is 379 g/mol. The van der Waals surface area contributed by atoms with Crippen LogP contribution in [0.15, 0.2) is 36.4 Å². The molecule has 4 aromatic rings. The second-order valence-electron chi connectivity index (χ2n) is 4.67. The smallest absolute Gasteiger partial charge is 0.286 e. The van der Waals surface area contributed by atoms with Gasteiger partial charge < -0.3 is 0 Å². The maximum absolute atomic E-state index is 12.4. The number of para-hydroxylation sites is 1. The second kappa shape index (κ2) is 5.72. The highest BCUT2D eigenvalue weighted by molar-refractivity contribution is 7.23. The maximum Gasteiger partial charge on any atom is 0.286 e. The molecule has 0 saturated carbocycles. The van der Waals surface area contributed by atoms with Crippen LogP contribution < -0.4 is 5.32 Å². The van der Waals surface area contributed by atoms with Crippen molar-refractivity contribution in [3.8, 4) is 0 Å². The molecule has 4 rings (SSSR count). The summed E-state index contributed by atoms with van der Waals surface area (Å²) in [7, 11) is 0. The van der Waals surface area contributed by atoms with Gasteiger partial charge in [-0.2, -0.15) is 0 Å². The molecule has 0 atom stereocenters. The van der Waals surface area contributed by atoms with Crippen LogP contribution in [0, 0.1) is 0 Å². The maximum atomic E-state index is 12.4. The SMILES string of the molecule is O=C(Nc1nc2c(Cl)c(Cl)ccc2s1)c1nc2ccccc2s1. The minimum absolute atomic E-state index is 0.285. The molecule has 0 spiro atoms. The zero-order valence-corrected chi connectivity index (χ0v) is 14.5. The standard InChI is InChI=1S/C15H7Cl2N3OS2/c16-7-5-6-10-12(11(7)17)19-15(23-10)20-13(21)14-18-8-3-1-2-4-9(8)22-14/h1-6H,(H,19,20,21). The van der Waals surface area contributed by atoms with Crippen LogP contribution in [0.1, 0.15) is 9.80 Å². The van der Waals surface area contributed by atoms with Crippen molar-refractivity contribution >= 4 is 77.3 Å². The quantitative estimate of drug-likeness (QED) is 0.502. The molecule has 0 bridgehead atoms. The van der Waals surface area contributed by atoms with Gasteiger partial charge in [0.2, 0.25) is 0 Å². The van der Waals surface area contributed by atoms with Gasteiger partial charge in [0.15, 0.2) is 10.1 Å². The average molecular weight is 380 g/mol. The first kappa shape index (κ1) is 14.8. The first-order chi connectivity index (χ1) is 11.1. The van der Waals surface area contributed by atoms with E-state index in [1.54, 1.807) is 6.07 Å². The molecule has 2 aromatic heterocycles. The first-order valence-electron chi connectivity index (χ1n) is 6.53. The molecule has 0 radical (unpaired) electrons. The molecular weight excluding hydrogens is 373 g/mol. The van der Waals surface area contributed by atoms with Crippen LogP contribution in [0.5, 0.6) is 0 Å². The van der Waals surface area contributed by atoms with Gasteiger partial charge >= 0.3 is 0 Å². The molecular formula is C15H7Cl2N3OS2. The van der Waals surface area contributed by atoms with Crippen LogP contribution in [0.2, 0.25) is 10.0 Å². The minimum Gasteiger partial charge on any atom is -0.296 e.